The van der Waals surface area contributed by atoms with Gasteiger partial charge in [-0.1, -0.05) is 44.2 Å². The zero-order valence-corrected chi connectivity index (χ0v) is 19.0. The summed E-state index contributed by atoms with van der Waals surface area (Å²) in [6.07, 6.45) is 2.77. The summed E-state index contributed by atoms with van der Waals surface area (Å²) in [6.45, 7) is 9.54. The molecule has 0 aromatic heterocycles. The number of nitrogens with zero attached hydrogens (tertiary/aromatic N) is 2. The van der Waals surface area contributed by atoms with Gasteiger partial charge in [-0.3, -0.25) is 4.99 Å². The number of carbonyl (C=O) groups is 1. The topological polar surface area (TPSA) is 82.8 Å². The van der Waals surface area contributed by atoms with Crippen molar-refractivity contribution in [3.63, 3.8) is 0 Å². The van der Waals surface area contributed by atoms with Gasteiger partial charge in [-0.25, -0.2) is 4.79 Å². The third-order valence-corrected chi connectivity index (χ3v) is 4.68. The molecule has 7 heteroatoms. The van der Waals surface area contributed by atoms with E-state index in [2.05, 4.69) is 55.7 Å². The van der Waals surface area contributed by atoms with Crippen LogP contribution in [0, 0.1) is 5.41 Å². The second-order valence-electron chi connectivity index (χ2n) is 7.77. The molecular weight excluding hydrogens is 453 g/mol. The average Bonchev–Trinajstić information content (AvgIpc) is 2.61. The number of piperidine rings is 1. The molecule has 152 valence electrons. The molecule has 4 N–H and O–H groups in total. The van der Waals surface area contributed by atoms with E-state index in [0.717, 1.165) is 38.3 Å². The number of amides is 2. The average molecular weight is 487 g/mol. The van der Waals surface area contributed by atoms with Gasteiger partial charge in [-0.05, 0) is 37.2 Å². The van der Waals surface area contributed by atoms with E-state index in [-0.39, 0.29) is 35.4 Å². The Balaban J connectivity index is 0.00000364. The maximum atomic E-state index is 11.2. The van der Waals surface area contributed by atoms with Crippen LogP contribution in [0.2, 0.25) is 0 Å². The number of carbonyl (C=O) groups excluding carboxylic acids is 1. The Kier molecular flexibility index (Phi) is 9.90. The van der Waals surface area contributed by atoms with Gasteiger partial charge in [0.2, 0.25) is 0 Å². The maximum absolute atomic E-state index is 11.2. The van der Waals surface area contributed by atoms with E-state index < -0.39 is 0 Å². The smallest absolute Gasteiger partial charge is 0.314 e. The van der Waals surface area contributed by atoms with Gasteiger partial charge >= 0.3 is 6.03 Å². The highest BCUT2D eigenvalue weighted by atomic mass is 127. The van der Waals surface area contributed by atoms with Crippen LogP contribution in [0.3, 0.4) is 0 Å². The summed E-state index contributed by atoms with van der Waals surface area (Å²) < 4.78 is 0. The van der Waals surface area contributed by atoms with E-state index in [1.165, 1.54) is 5.56 Å². The van der Waals surface area contributed by atoms with Crippen LogP contribution in [0.15, 0.2) is 35.3 Å². The molecule has 0 radical (unpaired) electrons. The number of rotatable bonds is 6. The number of hydrogen-bond donors (Lipinski definition) is 3. The van der Waals surface area contributed by atoms with Gasteiger partial charge in [-0.15, -0.1) is 24.0 Å². The van der Waals surface area contributed by atoms with Crippen molar-refractivity contribution in [2.75, 3.05) is 26.2 Å². The van der Waals surface area contributed by atoms with Crippen molar-refractivity contribution in [3.05, 3.63) is 35.9 Å². The molecule has 6 nitrogen and oxygen atoms in total. The molecule has 0 aliphatic carbocycles. The lowest BCUT2D eigenvalue weighted by atomic mass is 9.86. The molecule has 1 saturated heterocycles. The fourth-order valence-corrected chi connectivity index (χ4v) is 3.26. The molecule has 0 unspecified atom stereocenters. The lowest BCUT2D eigenvalue weighted by Gasteiger charge is -2.32. The van der Waals surface area contributed by atoms with Crippen LogP contribution in [0.4, 0.5) is 4.79 Å². The van der Waals surface area contributed by atoms with E-state index in [4.69, 9.17) is 10.7 Å². The lowest BCUT2D eigenvalue weighted by Crippen LogP contribution is -2.50. The van der Waals surface area contributed by atoms with Gasteiger partial charge in [-0.2, -0.15) is 0 Å². The first kappa shape index (κ1) is 23.5. The van der Waals surface area contributed by atoms with Gasteiger partial charge in [0.25, 0.3) is 0 Å². The second kappa shape index (κ2) is 11.4. The molecule has 1 aromatic carbocycles. The molecule has 1 fully saturated rings. The van der Waals surface area contributed by atoms with E-state index in [0.29, 0.717) is 19.1 Å². The van der Waals surface area contributed by atoms with Crippen LogP contribution in [0.1, 0.15) is 39.2 Å². The Hall–Kier alpha value is -1.51. The SMILES string of the molecule is CCNC(=NCC(C)(C)Cc1ccccc1)NC1CCN(C(N)=O)CC1.I. The normalized spacial score (nSPS) is 15.8. The Morgan fingerprint density at radius 1 is 1.26 bits per heavy atom. The number of halogens is 1. The molecule has 1 aromatic rings. The molecule has 2 amide bonds. The van der Waals surface area contributed by atoms with Gasteiger partial charge in [0.1, 0.15) is 0 Å². The molecule has 27 heavy (non-hydrogen) atoms. The Bertz CT molecular complexity index is 598. The zero-order chi connectivity index (χ0) is 19.0. The minimum Gasteiger partial charge on any atom is -0.357 e. The summed E-state index contributed by atoms with van der Waals surface area (Å²) in [7, 11) is 0. The first-order valence-corrected chi connectivity index (χ1v) is 9.53. The van der Waals surface area contributed by atoms with Crippen LogP contribution >= 0.6 is 24.0 Å². The number of guanidine groups is 1. The van der Waals surface area contributed by atoms with Crippen LogP contribution < -0.4 is 16.4 Å². The first-order valence-electron chi connectivity index (χ1n) is 9.53. The minimum atomic E-state index is -0.327. The molecular formula is C20H34IN5O. The van der Waals surface area contributed by atoms with Crippen molar-refractivity contribution in [3.8, 4) is 0 Å². The number of nitrogens with one attached hydrogen (secondary N) is 2. The van der Waals surface area contributed by atoms with Crippen LogP contribution in [0.25, 0.3) is 0 Å². The molecule has 0 bridgehead atoms. The zero-order valence-electron chi connectivity index (χ0n) is 16.7. The van der Waals surface area contributed by atoms with Crippen molar-refractivity contribution < 1.29 is 4.79 Å². The molecule has 1 heterocycles. The molecule has 0 atom stereocenters. The number of urea groups is 1. The second-order valence-corrected chi connectivity index (χ2v) is 7.77. The third kappa shape index (κ3) is 8.36. The van der Waals surface area contributed by atoms with Crippen molar-refractivity contribution in [1.82, 2.24) is 15.5 Å². The van der Waals surface area contributed by atoms with Gasteiger partial charge in [0.15, 0.2) is 5.96 Å². The van der Waals surface area contributed by atoms with Gasteiger partial charge < -0.3 is 21.3 Å². The number of hydrogen-bond acceptors (Lipinski definition) is 2. The Morgan fingerprint density at radius 2 is 1.89 bits per heavy atom. The van der Waals surface area contributed by atoms with E-state index in [9.17, 15) is 4.79 Å². The largest absolute Gasteiger partial charge is 0.357 e. The summed E-state index contributed by atoms with van der Waals surface area (Å²) >= 11 is 0. The summed E-state index contributed by atoms with van der Waals surface area (Å²) in [6, 6.07) is 10.5. The van der Waals surface area contributed by atoms with Gasteiger partial charge in [0, 0.05) is 32.2 Å². The number of aliphatic imine (C=N–C) groups is 1. The Morgan fingerprint density at radius 3 is 2.44 bits per heavy atom. The van der Waals surface area contributed by atoms with E-state index in [1.807, 2.05) is 6.07 Å². The quantitative estimate of drug-likeness (QED) is 0.328. The molecule has 0 spiro atoms. The summed E-state index contributed by atoms with van der Waals surface area (Å²) in [5.41, 5.74) is 6.77. The third-order valence-electron chi connectivity index (χ3n) is 4.68. The van der Waals surface area contributed by atoms with Crippen molar-refractivity contribution >= 4 is 36.0 Å². The molecule has 0 saturated carbocycles. The van der Waals surface area contributed by atoms with Crippen LogP contribution in [0.5, 0.6) is 0 Å². The standard InChI is InChI=1S/C20H33N5O.HI/c1-4-22-19(24-17-10-12-25(13-11-17)18(21)26)23-15-20(2,3)14-16-8-6-5-7-9-16;/h5-9,17H,4,10-15H2,1-3H3,(H2,21,26)(H2,22,23,24);1H. The summed E-state index contributed by atoms with van der Waals surface area (Å²) in [5, 5.41) is 6.85. The van der Waals surface area contributed by atoms with Gasteiger partial charge in [0.05, 0.1) is 0 Å². The van der Waals surface area contributed by atoms with Crippen molar-refractivity contribution in [2.45, 2.75) is 46.1 Å². The van der Waals surface area contributed by atoms with Crippen LogP contribution in [-0.4, -0.2) is 49.1 Å². The Labute approximate surface area is 180 Å². The summed E-state index contributed by atoms with van der Waals surface area (Å²) in [5.74, 6) is 0.853. The summed E-state index contributed by atoms with van der Waals surface area (Å²) in [4.78, 5) is 17.8. The molecule has 1 aliphatic rings. The minimum absolute atomic E-state index is 0. The predicted octanol–water partition coefficient (Wildman–Crippen LogP) is 2.97. The molecule has 1 aliphatic heterocycles. The fraction of sp³-hybridized carbons (Fsp3) is 0.600. The highest BCUT2D eigenvalue weighted by Crippen LogP contribution is 2.22. The monoisotopic (exact) mass is 487 g/mol. The fourth-order valence-electron chi connectivity index (χ4n) is 3.26. The highest BCUT2D eigenvalue weighted by molar-refractivity contribution is 14.0. The van der Waals surface area contributed by atoms with Crippen LogP contribution in [-0.2, 0) is 6.42 Å². The first-order chi connectivity index (χ1) is 12.4. The number of primary amides is 1. The lowest BCUT2D eigenvalue weighted by molar-refractivity contribution is 0.188. The number of benzene rings is 1. The highest BCUT2D eigenvalue weighted by Gasteiger charge is 2.23. The van der Waals surface area contributed by atoms with Crippen molar-refractivity contribution in [2.24, 2.45) is 16.1 Å². The van der Waals surface area contributed by atoms with E-state index in [1.54, 1.807) is 4.90 Å². The number of nitrogens with two attached hydrogens (primary N) is 1. The molecule has 2 rings (SSSR count). The maximum Gasteiger partial charge on any atom is 0.314 e. The van der Waals surface area contributed by atoms with Crippen molar-refractivity contribution in [1.29, 1.82) is 0 Å². The van der Waals surface area contributed by atoms with E-state index >= 15 is 0 Å². The predicted molar refractivity (Wildman–Crippen MR) is 123 cm³/mol. The number of likely N-dealkylation sites (tertiary alicyclic amines) is 1.